The zero-order chi connectivity index (χ0) is 15.3. The van der Waals surface area contributed by atoms with Crippen LogP contribution in [-0.2, 0) is 9.53 Å². The summed E-state index contributed by atoms with van der Waals surface area (Å²) in [4.78, 5) is 23.3. The predicted octanol–water partition coefficient (Wildman–Crippen LogP) is 0.776. The normalized spacial score (nSPS) is 11.4. The van der Waals surface area contributed by atoms with Gasteiger partial charge in [-0.25, -0.2) is 4.79 Å². The Morgan fingerprint density at radius 1 is 1.20 bits per heavy atom. The van der Waals surface area contributed by atoms with Crippen LogP contribution in [0, 0.1) is 0 Å². The van der Waals surface area contributed by atoms with Crippen molar-refractivity contribution in [2.75, 3.05) is 26.6 Å². The lowest BCUT2D eigenvalue weighted by Gasteiger charge is -2.16. The summed E-state index contributed by atoms with van der Waals surface area (Å²) in [5.74, 6) is -0.362. The Morgan fingerprint density at radius 2 is 1.85 bits per heavy atom. The molecule has 0 bridgehead atoms. The van der Waals surface area contributed by atoms with Crippen molar-refractivity contribution in [1.82, 2.24) is 0 Å². The van der Waals surface area contributed by atoms with Gasteiger partial charge in [0.2, 0.25) is 5.91 Å². The highest BCUT2D eigenvalue weighted by Crippen LogP contribution is 2.36. The van der Waals surface area contributed by atoms with Crippen LogP contribution >= 0.6 is 0 Å². The lowest BCUT2D eigenvalue weighted by atomic mass is 10.1. The fourth-order valence-electron chi connectivity index (χ4n) is 1.54. The van der Waals surface area contributed by atoms with Crippen molar-refractivity contribution >= 4 is 17.6 Å². The summed E-state index contributed by atoms with van der Waals surface area (Å²) in [6.45, 7) is 1.54. The molecule has 0 saturated carbocycles. The highest BCUT2D eigenvalue weighted by atomic mass is 16.5. The van der Waals surface area contributed by atoms with Crippen LogP contribution in [0.5, 0.6) is 11.5 Å². The molecule has 0 radical (unpaired) electrons. The van der Waals surface area contributed by atoms with Crippen LogP contribution in [0.3, 0.4) is 0 Å². The monoisotopic (exact) mass is 282 g/mol. The Kier molecular flexibility index (Phi) is 5.33. The molecule has 0 saturated heterocycles. The van der Waals surface area contributed by atoms with Crippen molar-refractivity contribution in [1.29, 1.82) is 0 Å². The van der Waals surface area contributed by atoms with E-state index in [1.54, 1.807) is 6.92 Å². The van der Waals surface area contributed by atoms with E-state index in [-0.39, 0.29) is 11.3 Å². The van der Waals surface area contributed by atoms with E-state index in [0.717, 1.165) is 0 Å². The van der Waals surface area contributed by atoms with E-state index < -0.39 is 17.9 Å². The Hall–Kier alpha value is -2.28. The quantitative estimate of drug-likeness (QED) is 0.774. The van der Waals surface area contributed by atoms with E-state index in [0.29, 0.717) is 11.5 Å². The van der Waals surface area contributed by atoms with Crippen LogP contribution in [0.1, 0.15) is 17.3 Å². The Balaban J connectivity index is 3.30. The smallest absolute Gasteiger partial charge is 0.338 e. The molecule has 0 aromatic heterocycles. The van der Waals surface area contributed by atoms with Gasteiger partial charge in [0.05, 0.1) is 38.6 Å². The fourth-order valence-corrected chi connectivity index (χ4v) is 1.54. The van der Waals surface area contributed by atoms with Crippen LogP contribution in [0.4, 0.5) is 5.69 Å². The maximum Gasteiger partial charge on any atom is 0.338 e. The molecular weight excluding hydrogens is 264 g/mol. The second-order valence-corrected chi connectivity index (χ2v) is 4.03. The van der Waals surface area contributed by atoms with Crippen LogP contribution in [0.25, 0.3) is 0 Å². The molecule has 1 rings (SSSR count). The summed E-state index contributed by atoms with van der Waals surface area (Å²) in [6.07, 6.45) is 0. The van der Waals surface area contributed by atoms with Gasteiger partial charge in [-0.1, -0.05) is 0 Å². The minimum atomic E-state index is -0.701. The molecule has 0 unspecified atom stereocenters. The number of ether oxygens (including phenoxy) is 3. The molecule has 0 aliphatic heterocycles. The number of nitrogens with one attached hydrogen (secondary N) is 1. The number of carbonyl (C=O) groups excluding carboxylic acids is 2. The standard InChI is InChI=1S/C13H18N2O5/c1-7(14)12(16)15-9-5-8(13(17)20-4)6-10(18-2)11(9)19-3/h5-7H,14H2,1-4H3,(H,15,16)/t7-/m0/s1. The Labute approximate surface area is 117 Å². The Morgan fingerprint density at radius 3 is 2.30 bits per heavy atom. The summed E-state index contributed by atoms with van der Waals surface area (Å²) in [7, 11) is 4.12. The maximum atomic E-state index is 11.7. The van der Waals surface area contributed by atoms with Gasteiger partial charge in [-0.2, -0.15) is 0 Å². The molecule has 3 N–H and O–H groups in total. The van der Waals surface area contributed by atoms with Crippen LogP contribution in [0.15, 0.2) is 12.1 Å². The molecule has 20 heavy (non-hydrogen) atoms. The number of hydrogen-bond acceptors (Lipinski definition) is 6. The van der Waals surface area contributed by atoms with Gasteiger partial charge in [-0.05, 0) is 19.1 Å². The van der Waals surface area contributed by atoms with Crippen molar-refractivity contribution in [3.8, 4) is 11.5 Å². The third-order valence-corrected chi connectivity index (χ3v) is 2.57. The van der Waals surface area contributed by atoms with Gasteiger partial charge >= 0.3 is 5.97 Å². The molecule has 1 amide bonds. The summed E-state index contributed by atoms with van der Waals surface area (Å²) >= 11 is 0. The molecular formula is C13H18N2O5. The molecule has 1 aromatic rings. The van der Waals surface area contributed by atoms with Gasteiger partial charge in [0.25, 0.3) is 0 Å². The topological polar surface area (TPSA) is 99.9 Å². The number of carbonyl (C=O) groups is 2. The van der Waals surface area contributed by atoms with E-state index in [1.807, 2.05) is 0 Å². The number of anilines is 1. The van der Waals surface area contributed by atoms with Crippen molar-refractivity contribution < 1.29 is 23.8 Å². The lowest BCUT2D eigenvalue weighted by molar-refractivity contribution is -0.117. The van der Waals surface area contributed by atoms with Crippen molar-refractivity contribution in [3.05, 3.63) is 17.7 Å². The van der Waals surface area contributed by atoms with Gasteiger partial charge < -0.3 is 25.3 Å². The average molecular weight is 282 g/mol. The van der Waals surface area contributed by atoms with Crippen LogP contribution in [-0.4, -0.2) is 39.2 Å². The maximum absolute atomic E-state index is 11.7. The van der Waals surface area contributed by atoms with Gasteiger partial charge in [0, 0.05) is 0 Å². The third-order valence-electron chi connectivity index (χ3n) is 2.57. The van der Waals surface area contributed by atoms with E-state index in [9.17, 15) is 9.59 Å². The van der Waals surface area contributed by atoms with E-state index in [4.69, 9.17) is 15.2 Å². The number of esters is 1. The van der Waals surface area contributed by atoms with Gasteiger partial charge in [0.1, 0.15) is 0 Å². The first-order valence-electron chi connectivity index (χ1n) is 5.85. The molecule has 0 heterocycles. The molecule has 7 nitrogen and oxygen atoms in total. The summed E-state index contributed by atoms with van der Waals surface area (Å²) in [6, 6.07) is 2.20. The first-order chi connectivity index (χ1) is 9.44. The molecule has 0 aliphatic rings. The number of rotatable bonds is 5. The van der Waals surface area contributed by atoms with Crippen LogP contribution < -0.4 is 20.5 Å². The third kappa shape index (κ3) is 3.39. The Bertz CT molecular complexity index is 514. The molecule has 1 aromatic carbocycles. The molecule has 0 aliphatic carbocycles. The van der Waals surface area contributed by atoms with Crippen molar-refractivity contribution in [2.45, 2.75) is 13.0 Å². The van der Waals surface area contributed by atoms with Gasteiger partial charge in [-0.3, -0.25) is 4.79 Å². The minimum absolute atomic E-state index is 0.227. The molecule has 0 fully saturated rings. The predicted molar refractivity (Wildman–Crippen MR) is 73.2 cm³/mol. The number of methoxy groups -OCH3 is 3. The average Bonchev–Trinajstić information content (AvgIpc) is 2.45. The van der Waals surface area contributed by atoms with Gasteiger partial charge in [-0.15, -0.1) is 0 Å². The number of nitrogens with two attached hydrogens (primary N) is 1. The first kappa shape index (κ1) is 15.8. The highest BCUT2D eigenvalue weighted by Gasteiger charge is 2.19. The first-order valence-corrected chi connectivity index (χ1v) is 5.85. The summed E-state index contributed by atoms with van der Waals surface area (Å²) in [5.41, 5.74) is 6.01. The minimum Gasteiger partial charge on any atom is -0.493 e. The zero-order valence-electron chi connectivity index (χ0n) is 11.9. The molecule has 7 heteroatoms. The molecule has 110 valence electrons. The van der Waals surface area contributed by atoms with Crippen molar-refractivity contribution in [3.63, 3.8) is 0 Å². The van der Waals surface area contributed by atoms with Gasteiger partial charge in [0.15, 0.2) is 11.5 Å². The number of amides is 1. The highest BCUT2D eigenvalue weighted by molar-refractivity contribution is 5.99. The second-order valence-electron chi connectivity index (χ2n) is 4.03. The SMILES string of the molecule is COC(=O)c1cc(NC(=O)[C@H](C)N)c(OC)c(OC)c1. The van der Waals surface area contributed by atoms with Crippen LogP contribution in [0.2, 0.25) is 0 Å². The number of benzene rings is 1. The summed E-state index contributed by atoms with van der Waals surface area (Å²) < 4.78 is 15.0. The zero-order valence-corrected chi connectivity index (χ0v) is 11.9. The van der Waals surface area contributed by atoms with Crippen molar-refractivity contribution in [2.24, 2.45) is 5.73 Å². The van der Waals surface area contributed by atoms with E-state index in [1.165, 1.54) is 33.5 Å². The molecule has 1 atom stereocenters. The second kappa shape index (κ2) is 6.76. The lowest BCUT2D eigenvalue weighted by Crippen LogP contribution is -2.32. The molecule has 0 spiro atoms. The largest absolute Gasteiger partial charge is 0.493 e. The van der Waals surface area contributed by atoms with E-state index >= 15 is 0 Å². The number of hydrogen-bond donors (Lipinski definition) is 2. The van der Waals surface area contributed by atoms with E-state index in [2.05, 4.69) is 10.1 Å². The fraction of sp³-hybridized carbons (Fsp3) is 0.385. The summed E-state index contributed by atoms with van der Waals surface area (Å²) in [5, 5.41) is 2.58.